The number of nitrogens with one attached hydrogen (secondary N) is 2. The third-order valence-corrected chi connectivity index (χ3v) is 8.12. The third-order valence-electron chi connectivity index (χ3n) is 8.12. The molecule has 2 fully saturated rings. The van der Waals surface area contributed by atoms with Crippen LogP contribution in [0.15, 0.2) is 12.2 Å². The molecule has 2 aliphatic heterocycles. The summed E-state index contributed by atoms with van der Waals surface area (Å²) in [6.45, 7) is 11.9. The minimum Gasteiger partial charge on any atom is -0.447 e. The number of aliphatic hydroxyl groups excluding tert-OH is 3. The minimum absolute atomic E-state index is 0.0222. The molecule has 0 aromatic rings. The van der Waals surface area contributed by atoms with Crippen LogP contribution in [0.2, 0.25) is 0 Å². The molecule has 0 unspecified atom stereocenters. The lowest BCUT2D eigenvalue weighted by atomic mass is 9.74. The minimum atomic E-state index is -1.71. The first-order valence-corrected chi connectivity index (χ1v) is 13.8. The molecule has 40 heavy (non-hydrogen) atoms. The van der Waals surface area contributed by atoms with E-state index in [2.05, 4.69) is 17.2 Å². The van der Waals surface area contributed by atoms with Crippen molar-refractivity contribution in [1.82, 2.24) is 10.6 Å². The first-order valence-electron chi connectivity index (χ1n) is 13.8. The topological polar surface area (TPSA) is 191 Å². The molecule has 0 spiro atoms. The summed E-state index contributed by atoms with van der Waals surface area (Å²) in [5.41, 5.74) is 5.41. The van der Waals surface area contributed by atoms with Gasteiger partial charge in [-0.05, 0) is 19.9 Å². The molecular weight excluding hydrogens is 526 g/mol. The highest BCUT2D eigenvalue weighted by Gasteiger charge is 2.51. The van der Waals surface area contributed by atoms with Crippen LogP contribution in [0.25, 0.3) is 0 Å². The largest absolute Gasteiger partial charge is 0.447 e. The van der Waals surface area contributed by atoms with Gasteiger partial charge < -0.3 is 55.4 Å². The maximum atomic E-state index is 13.2. The predicted octanol–water partition coefficient (Wildman–Crippen LogP) is 0.150. The Labute approximate surface area is 236 Å². The Bertz CT molecular complexity index is 858. The molecule has 2 saturated heterocycles. The van der Waals surface area contributed by atoms with Crippen molar-refractivity contribution in [2.75, 3.05) is 33.9 Å². The van der Waals surface area contributed by atoms with Crippen LogP contribution in [-0.2, 0) is 28.5 Å². The summed E-state index contributed by atoms with van der Waals surface area (Å²) in [6.07, 6.45) is -6.33. The van der Waals surface area contributed by atoms with Crippen molar-refractivity contribution in [2.24, 2.45) is 17.1 Å². The molecule has 13 heteroatoms. The quantitative estimate of drug-likeness (QED) is 0.0995. The molecule has 7 N–H and O–H groups in total. The van der Waals surface area contributed by atoms with Gasteiger partial charge in [-0.3, -0.25) is 4.79 Å². The number of carbonyl (C=O) groups is 2. The van der Waals surface area contributed by atoms with Crippen LogP contribution in [0, 0.1) is 11.3 Å². The average molecular weight is 576 g/mol. The fourth-order valence-corrected chi connectivity index (χ4v) is 4.95. The molecule has 0 bridgehead atoms. The van der Waals surface area contributed by atoms with E-state index in [1.807, 2.05) is 13.8 Å². The Morgan fingerprint density at radius 2 is 1.93 bits per heavy atom. The standard InChI is InChI=1S/C27H49N3O10/c1-15-13-27(37-7,40-17(3)16(15)2)22(33)23(34)30-24(36-6)19-12-20(32)26(4,5)21(39-19)11-18(31)14-38-25(35)29-10-8-9-28/h16-22,24,31-33H,1,8-14,28H2,2-7H3,(H,29,35)(H,30,34)/t16-,17-,18+,19+,20-,21-,22-,24+,27-/m1/s1. The fourth-order valence-electron chi connectivity index (χ4n) is 4.95. The van der Waals surface area contributed by atoms with Crippen LogP contribution in [0.5, 0.6) is 0 Å². The van der Waals surface area contributed by atoms with Crippen LogP contribution < -0.4 is 16.4 Å². The number of methoxy groups -OCH3 is 2. The lowest BCUT2D eigenvalue weighted by molar-refractivity contribution is -0.298. The summed E-state index contributed by atoms with van der Waals surface area (Å²) in [4.78, 5) is 25.0. The van der Waals surface area contributed by atoms with Crippen molar-refractivity contribution >= 4 is 12.0 Å². The highest BCUT2D eigenvalue weighted by atomic mass is 16.7. The summed E-state index contributed by atoms with van der Waals surface area (Å²) < 4.78 is 28.2. The van der Waals surface area contributed by atoms with Gasteiger partial charge in [0.25, 0.3) is 5.91 Å². The normalized spacial score (nSPS) is 32.5. The molecule has 0 aromatic heterocycles. The van der Waals surface area contributed by atoms with E-state index in [1.54, 1.807) is 13.8 Å². The van der Waals surface area contributed by atoms with E-state index >= 15 is 0 Å². The highest BCUT2D eigenvalue weighted by Crippen LogP contribution is 2.40. The lowest BCUT2D eigenvalue weighted by Crippen LogP contribution is -2.62. The molecule has 0 saturated carbocycles. The van der Waals surface area contributed by atoms with Crippen molar-refractivity contribution in [3.63, 3.8) is 0 Å². The van der Waals surface area contributed by atoms with Crippen molar-refractivity contribution in [3.05, 3.63) is 12.2 Å². The number of nitrogens with two attached hydrogens (primary N) is 1. The Morgan fingerprint density at radius 3 is 2.50 bits per heavy atom. The van der Waals surface area contributed by atoms with E-state index < -0.39 is 60.0 Å². The van der Waals surface area contributed by atoms with E-state index in [-0.39, 0.29) is 37.9 Å². The predicted molar refractivity (Wildman–Crippen MR) is 145 cm³/mol. The summed E-state index contributed by atoms with van der Waals surface area (Å²) in [6, 6.07) is 0. The van der Waals surface area contributed by atoms with Crippen molar-refractivity contribution in [2.45, 2.75) is 102 Å². The number of hydrogen-bond donors (Lipinski definition) is 6. The number of aliphatic hydroxyl groups is 3. The molecule has 2 aliphatic rings. The van der Waals surface area contributed by atoms with E-state index in [1.165, 1.54) is 14.2 Å². The summed E-state index contributed by atoms with van der Waals surface area (Å²) in [5, 5.41) is 37.7. The van der Waals surface area contributed by atoms with Crippen molar-refractivity contribution in [1.29, 1.82) is 0 Å². The van der Waals surface area contributed by atoms with Gasteiger partial charge in [-0.1, -0.05) is 32.9 Å². The fraction of sp³-hybridized carbons (Fsp3) is 0.852. The number of ether oxygens (including phenoxy) is 5. The number of amides is 2. The number of hydrogen-bond acceptors (Lipinski definition) is 11. The van der Waals surface area contributed by atoms with Gasteiger partial charge in [0.15, 0.2) is 12.3 Å². The Morgan fingerprint density at radius 1 is 1.25 bits per heavy atom. The SMILES string of the molecule is C=C1C[C@](OC)([C@H](O)C(=O)N[C@@H](OC)[C@@H]2C[C@@H](O)C(C)(C)[C@@H](C[C@H](O)COC(=O)NCCCN)O2)O[C@H](C)[C@@H]1C. The monoisotopic (exact) mass is 575 g/mol. The second-order valence-corrected chi connectivity index (χ2v) is 11.3. The zero-order valence-corrected chi connectivity index (χ0v) is 24.6. The molecule has 2 amide bonds. The molecule has 232 valence electrons. The Kier molecular flexibility index (Phi) is 12.8. The maximum Gasteiger partial charge on any atom is 0.407 e. The molecule has 13 nitrogen and oxygen atoms in total. The van der Waals surface area contributed by atoms with Gasteiger partial charge in [-0.15, -0.1) is 0 Å². The van der Waals surface area contributed by atoms with Crippen molar-refractivity contribution in [3.8, 4) is 0 Å². The first-order chi connectivity index (χ1) is 18.7. The molecule has 9 atom stereocenters. The maximum absolute atomic E-state index is 13.2. The van der Waals surface area contributed by atoms with Crippen molar-refractivity contribution < 1.29 is 48.6 Å². The van der Waals surface area contributed by atoms with Gasteiger partial charge in [0.2, 0.25) is 5.79 Å². The Hall–Kier alpha value is -1.84. The van der Waals surface area contributed by atoms with Gasteiger partial charge in [-0.2, -0.15) is 0 Å². The smallest absolute Gasteiger partial charge is 0.407 e. The van der Waals surface area contributed by atoms with E-state index in [4.69, 9.17) is 29.4 Å². The van der Waals surface area contributed by atoms with E-state index in [9.17, 15) is 24.9 Å². The van der Waals surface area contributed by atoms with Gasteiger partial charge in [-0.25, -0.2) is 4.79 Å². The number of carbonyl (C=O) groups excluding carboxylic acids is 2. The van der Waals surface area contributed by atoms with Gasteiger partial charge in [0, 0.05) is 51.4 Å². The molecule has 2 rings (SSSR count). The van der Waals surface area contributed by atoms with Crippen LogP contribution >= 0.6 is 0 Å². The van der Waals surface area contributed by atoms with Crippen LogP contribution in [0.1, 0.15) is 53.4 Å². The van der Waals surface area contributed by atoms with Crippen LogP contribution in [0.3, 0.4) is 0 Å². The second kappa shape index (κ2) is 14.9. The van der Waals surface area contributed by atoms with E-state index in [0.717, 1.165) is 5.57 Å². The van der Waals surface area contributed by atoms with Gasteiger partial charge >= 0.3 is 6.09 Å². The number of alkyl carbamates (subject to hydrolysis) is 1. The van der Waals surface area contributed by atoms with E-state index in [0.29, 0.717) is 19.5 Å². The lowest BCUT2D eigenvalue weighted by Gasteiger charge is -2.48. The van der Waals surface area contributed by atoms with Gasteiger partial charge in [0.05, 0.1) is 24.4 Å². The number of rotatable bonds is 13. The summed E-state index contributed by atoms with van der Waals surface area (Å²) >= 11 is 0. The third kappa shape index (κ3) is 8.35. The zero-order chi connectivity index (χ0) is 30.3. The molecule has 0 radical (unpaired) electrons. The highest BCUT2D eigenvalue weighted by molar-refractivity contribution is 5.82. The second-order valence-electron chi connectivity index (χ2n) is 11.3. The van der Waals surface area contributed by atoms with Gasteiger partial charge in [0.1, 0.15) is 12.7 Å². The molecular formula is C27H49N3O10. The molecule has 0 aliphatic carbocycles. The Balaban J connectivity index is 2.06. The zero-order valence-electron chi connectivity index (χ0n) is 24.6. The molecule has 2 heterocycles. The van der Waals surface area contributed by atoms with Crippen LogP contribution in [-0.4, -0.2) is 110 Å². The average Bonchev–Trinajstić information content (AvgIpc) is 2.91. The summed E-state index contributed by atoms with van der Waals surface area (Å²) in [7, 11) is 2.72. The van der Waals surface area contributed by atoms with Crippen LogP contribution in [0.4, 0.5) is 4.79 Å². The molecule has 0 aromatic carbocycles. The first kappa shape index (κ1) is 34.4. The summed E-state index contributed by atoms with van der Waals surface area (Å²) in [5.74, 6) is -2.41.